The van der Waals surface area contributed by atoms with Crippen LogP contribution in [0.2, 0.25) is 0 Å². The van der Waals surface area contributed by atoms with Gasteiger partial charge in [-0.3, -0.25) is 0 Å². The molecule has 0 radical (unpaired) electrons. The van der Waals surface area contributed by atoms with Crippen molar-refractivity contribution in [2.24, 2.45) is 0 Å². The zero-order valence-corrected chi connectivity index (χ0v) is 23.9. The van der Waals surface area contributed by atoms with Crippen molar-refractivity contribution in [3.05, 3.63) is 163 Å². The van der Waals surface area contributed by atoms with Gasteiger partial charge in [-0.25, -0.2) is 15.0 Å². The van der Waals surface area contributed by atoms with Gasteiger partial charge in [-0.1, -0.05) is 139 Å². The van der Waals surface area contributed by atoms with Crippen LogP contribution in [0.1, 0.15) is 26.0 Å². The second-order valence-corrected chi connectivity index (χ2v) is 10.2. The van der Waals surface area contributed by atoms with Gasteiger partial charge in [0.2, 0.25) is 0 Å². The van der Waals surface area contributed by atoms with E-state index in [0.29, 0.717) is 5.56 Å². The number of furan rings is 1. The van der Waals surface area contributed by atoms with Crippen LogP contribution in [-0.4, -0.2) is 15.0 Å². The Balaban J connectivity index is 1.46. The molecule has 0 bridgehead atoms. The maximum atomic E-state index is 9.74. The quantitative estimate of drug-likeness (QED) is 0.192. The Bertz CT molecular complexity index is 3580. The fourth-order valence-corrected chi connectivity index (χ4v) is 5.20. The Morgan fingerprint density at radius 3 is 1.83 bits per heavy atom. The summed E-state index contributed by atoms with van der Waals surface area (Å²) >= 11 is 0. The summed E-state index contributed by atoms with van der Waals surface area (Å²) in [6.07, 6.45) is 0. The standard InChI is InChI=1S/C43H27N3O/c1-3-11-28(12-4-1)35-26-37(40-36-17-9-10-18-38(36)47-39(40)27-35)43-45-41(31-14-5-2-6-15-31)44-42(46-43)32-22-19-30(20-23-32)34-24-21-29-13-7-8-16-33(29)25-34/h1-27H/i1D,2D,3D,4D,5D,6D,9D,10D,11D,12D,14D,15D,18D,19D,20D,22D,23D,26D,27D. The average molecular weight is 621 g/mol. The fraction of sp³-hybridized carbons (Fsp3) is 0. The lowest BCUT2D eigenvalue weighted by Gasteiger charge is -2.11. The highest BCUT2D eigenvalue weighted by Gasteiger charge is 2.19. The molecular weight excluding hydrogens is 574 g/mol. The molecule has 0 N–H and O–H groups in total. The van der Waals surface area contributed by atoms with Crippen molar-refractivity contribution in [3.8, 4) is 56.4 Å². The van der Waals surface area contributed by atoms with E-state index in [1.807, 2.05) is 18.2 Å². The van der Waals surface area contributed by atoms with E-state index in [-0.39, 0.29) is 21.9 Å². The molecule has 0 atom stereocenters. The summed E-state index contributed by atoms with van der Waals surface area (Å²) < 4.78 is 173. The van der Waals surface area contributed by atoms with E-state index in [0.717, 1.165) is 16.8 Å². The summed E-state index contributed by atoms with van der Waals surface area (Å²) in [4.78, 5) is 13.5. The Hall–Kier alpha value is -6.39. The fourth-order valence-electron chi connectivity index (χ4n) is 5.20. The van der Waals surface area contributed by atoms with E-state index in [1.165, 1.54) is 0 Å². The molecule has 4 nitrogen and oxygen atoms in total. The first-order valence-electron chi connectivity index (χ1n) is 23.6. The van der Waals surface area contributed by atoms with Crippen LogP contribution in [0.3, 0.4) is 0 Å². The minimum atomic E-state index is -0.821. The molecule has 220 valence electrons. The molecule has 0 spiro atoms. The average Bonchev–Trinajstić information content (AvgIpc) is 3.67. The molecule has 0 fully saturated rings. The molecule has 2 aromatic heterocycles. The molecule has 9 aromatic rings. The number of hydrogen-bond donors (Lipinski definition) is 0. The summed E-state index contributed by atoms with van der Waals surface area (Å²) in [7, 11) is 0. The smallest absolute Gasteiger partial charge is 0.164 e. The molecule has 0 aliphatic carbocycles. The van der Waals surface area contributed by atoms with E-state index in [2.05, 4.69) is 15.0 Å². The zero-order chi connectivity index (χ0) is 47.7. The minimum Gasteiger partial charge on any atom is -0.456 e. The minimum absolute atomic E-state index is 0.0832. The number of rotatable bonds is 5. The molecule has 0 aliphatic rings. The first-order chi connectivity index (χ1) is 31.2. The lowest BCUT2D eigenvalue weighted by molar-refractivity contribution is 0.669. The normalized spacial score (nSPS) is 17.1. The monoisotopic (exact) mass is 620 g/mol. The molecule has 2 heterocycles. The van der Waals surface area contributed by atoms with Crippen LogP contribution in [0.4, 0.5) is 0 Å². The largest absolute Gasteiger partial charge is 0.456 e. The highest BCUT2D eigenvalue weighted by molar-refractivity contribution is 6.13. The maximum absolute atomic E-state index is 9.74. The summed E-state index contributed by atoms with van der Waals surface area (Å²) in [6.45, 7) is 0. The van der Waals surface area contributed by atoms with Gasteiger partial charge in [-0.05, 0) is 57.2 Å². The molecule has 4 heteroatoms. The first kappa shape index (κ1) is 13.9. The number of para-hydroxylation sites is 1. The predicted molar refractivity (Wildman–Crippen MR) is 192 cm³/mol. The van der Waals surface area contributed by atoms with E-state index < -0.39 is 166 Å². The molecular formula is C43H27N3O. The second-order valence-electron chi connectivity index (χ2n) is 10.2. The Morgan fingerprint density at radius 1 is 0.447 bits per heavy atom. The van der Waals surface area contributed by atoms with E-state index >= 15 is 0 Å². The van der Waals surface area contributed by atoms with E-state index in [9.17, 15) is 8.22 Å². The Labute approximate surface area is 298 Å². The van der Waals surface area contributed by atoms with Crippen LogP contribution >= 0.6 is 0 Å². The van der Waals surface area contributed by atoms with Crippen LogP contribution in [0.5, 0.6) is 0 Å². The zero-order valence-electron chi connectivity index (χ0n) is 42.9. The van der Waals surface area contributed by atoms with Crippen molar-refractivity contribution in [2.45, 2.75) is 0 Å². The third-order valence-corrected chi connectivity index (χ3v) is 7.37. The number of hydrogen-bond acceptors (Lipinski definition) is 4. The van der Waals surface area contributed by atoms with Crippen LogP contribution in [0.25, 0.3) is 89.1 Å². The van der Waals surface area contributed by atoms with Crippen LogP contribution in [0.15, 0.2) is 168 Å². The van der Waals surface area contributed by atoms with Crippen molar-refractivity contribution in [3.63, 3.8) is 0 Å². The van der Waals surface area contributed by atoms with Gasteiger partial charge in [0.15, 0.2) is 17.5 Å². The number of fused-ring (bicyclic) bond motifs is 4. The first-order valence-corrected chi connectivity index (χ1v) is 14.1. The van der Waals surface area contributed by atoms with Crippen molar-refractivity contribution in [2.75, 3.05) is 0 Å². The van der Waals surface area contributed by atoms with Crippen LogP contribution in [-0.2, 0) is 0 Å². The van der Waals surface area contributed by atoms with Gasteiger partial charge in [0.25, 0.3) is 0 Å². The van der Waals surface area contributed by atoms with Gasteiger partial charge in [0.1, 0.15) is 11.2 Å². The summed E-state index contributed by atoms with van der Waals surface area (Å²) in [6, 6.07) is -0.107. The molecule has 0 saturated heterocycles. The summed E-state index contributed by atoms with van der Waals surface area (Å²) in [5.74, 6) is -1.99. The highest BCUT2D eigenvalue weighted by Crippen LogP contribution is 2.40. The molecule has 0 aliphatic heterocycles. The van der Waals surface area contributed by atoms with Crippen molar-refractivity contribution in [1.29, 1.82) is 0 Å². The predicted octanol–water partition coefficient (Wildman–Crippen LogP) is 11.3. The Kier molecular flexibility index (Phi) is 3.32. The molecule has 0 saturated carbocycles. The third-order valence-electron chi connectivity index (χ3n) is 7.37. The van der Waals surface area contributed by atoms with Gasteiger partial charge in [0.05, 0.1) is 26.0 Å². The lowest BCUT2D eigenvalue weighted by atomic mass is 9.98. The van der Waals surface area contributed by atoms with Crippen molar-refractivity contribution in [1.82, 2.24) is 15.0 Å². The molecule has 9 rings (SSSR count). The number of nitrogens with zero attached hydrogens (tertiary/aromatic N) is 3. The van der Waals surface area contributed by atoms with Gasteiger partial charge < -0.3 is 4.42 Å². The second kappa shape index (κ2) is 11.2. The van der Waals surface area contributed by atoms with Crippen LogP contribution < -0.4 is 0 Å². The summed E-state index contributed by atoms with van der Waals surface area (Å²) in [5.41, 5.74) is -3.47. The Morgan fingerprint density at radius 2 is 1.06 bits per heavy atom. The number of benzene rings is 7. The van der Waals surface area contributed by atoms with E-state index in [4.69, 9.17) is 22.2 Å². The van der Waals surface area contributed by atoms with Gasteiger partial charge in [-0.2, -0.15) is 0 Å². The summed E-state index contributed by atoms with van der Waals surface area (Å²) in [5, 5.41) is 1.22. The molecule has 7 aromatic carbocycles. The maximum Gasteiger partial charge on any atom is 0.164 e. The van der Waals surface area contributed by atoms with Crippen LogP contribution in [0, 0.1) is 0 Å². The molecule has 0 unspecified atom stereocenters. The van der Waals surface area contributed by atoms with Crippen molar-refractivity contribution < 1.29 is 30.5 Å². The highest BCUT2D eigenvalue weighted by atomic mass is 16.3. The third kappa shape index (κ3) is 4.93. The molecule has 0 amide bonds. The topological polar surface area (TPSA) is 51.8 Å². The molecule has 47 heavy (non-hydrogen) atoms. The van der Waals surface area contributed by atoms with Gasteiger partial charge in [-0.15, -0.1) is 0 Å². The van der Waals surface area contributed by atoms with Gasteiger partial charge in [0, 0.05) is 27.5 Å². The lowest BCUT2D eigenvalue weighted by Crippen LogP contribution is -2.00. The van der Waals surface area contributed by atoms with Gasteiger partial charge >= 0.3 is 0 Å². The SMILES string of the molecule is [2H]c1cc2c(oc3c([2H])c(-c4c([2H])c([2H])c([2H])c([2H])c4[2H])c([2H])c(-c4nc(-c5c([2H])c([2H])c([2H])c([2H])c5[2H])nc(-c5c([2H])c([2H])c(-c6ccc7ccccc7c6)c([2H])c5[2H])n4)c32)c([2H])c1[2H]. The van der Waals surface area contributed by atoms with E-state index in [1.54, 1.807) is 24.3 Å². The number of aromatic nitrogens is 3. The van der Waals surface area contributed by atoms with Crippen molar-refractivity contribution >= 4 is 32.7 Å².